The molecule has 104 valence electrons. The fraction of sp³-hybridized carbons (Fsp3) is 0.133. The molecule has 2 rings (SSSR count). The summed E-state index contributed by atoms with van der Waals surface area (Å²) in [5.74, 6) is 1.73. The van der Waals surface area contributed by atoms with Crippen LogP contribution in [0.3, 0.4) is 0 Å². The van der Waals surface area contributed by atoms with Gasteiger partial charge in [0.25, 0.3) is 0 Å². The number of oxime groups is 1. The summed E-state index contributed by atoms with van der Waals surface area (Å²) in [7, 11) is 1.56. The molecule has 0 radical (unpaired) electrons. The molecular formula is C15H16N2O3. The third kappa shape index (κ3) is 3.00. The standard InChI is InChI=1S/C15H16N2O3/c1-10-3-5-11(6-4-10)20-14-9-12(19-2)7-8-13(14)15(16)17-18/h3-9,18H,1-2H3,(H2,16,17). The first-order valence-corrected chi connectivity index (χ1v) is 6.04. The highest BCUT2D eigenvalue weighted by Gasteiger charge is 2.11. The van der Waals surface area contributed by atoms with Crippen LogP contribution in [0.2, 0.25) is 0 Å². The number of ether oxygens (including phenoxy) is 2. The van der Waals surface area contributed by atoms with Crippen molar-refractivity contribution in [2.24, 2.45) is 10.9 Å². The number of hydrogen-bond donors (Lipinski definition) is 2. The zero-order valence-corrected chi connectivity index (χ0v) is 11.3. The first kappa shape index (κ1) is 13.7. The summed E-state index contributed by atoms with van der Waals surface area (Å²) in [4.78, 5) is 0. The Morgan fingerprint density at radius 1 is 1.10 bits per heavy atom. The summed E-state index contributed by atoms with van der Waals surface area (Å²) in [5, 5.41) is 11.8. The van der Waals surface area contributed by atoms with Gasteiger partial charge in [0.05, 0.1) is 12.7 Å². The maximum Gasteiger partial charge on any atom is 0.173 e. The minimum absolute atomic E-state index is 0.0187. The average Bonchev–Trinajstić information content (AvgIpc) is 2.48. The summed E-state index contributed by atoms with van der Waals surface area (Å²) < 4.78 is 10.9. The van der Waals surface area contributed by atoms with E-state index in [2.05, 4.69) is 5.16 Å². The van der Waals surface area contributed by atoms with E-state index in [1.165, 1.54) is 0 Å². The Balaban J connectivity index is 2.39. The first-order valence-electron chi connectivity index (χ1n) is 6.04. The fourth-order valence-corrected chi connectivity index (χ4v) is 1.71. The molecule has 0 unspecified atom stereocenters. The Morgan fingerprint density at radius 3 is 2.35 bits per heavy atom. The van der Waals surface area contributed by atoms with Gasteiger partial charge in [0.15, 0.2) is 5.84 Å². The van der Waals surface area contributed by atoms with Gasteiger partial charge < -0.3 is 20.4 Å². The number of benzene rings is 2. The van der Waals surface area contributed by atoms with E-state index in [9.17, 15) is 0 Å². The molecule has 0 saturated carbocycles. The zero-order chi connectivity index (χ0) is 14.5. The molecule has 0 spiro atoms. The number of nitrogens with zero attached hydrogens (tertiary/aromatic N) is 1. The molecule has 5 nitrogen and oxygen atoms in total. The molecule has 0 aliphatic rings. The molecular weight excluding hydrogens is 256 g/mol. The Hall–Kier alpha value is -2.69. The number of methoxy groups -OCH3 is 1. The second kappa shape index (κ2) is 5.97. The zero-order valence-electron chi connectivity index (χ0n) is 11.3. The van der Waals surface area contributed by atoms with E-state index in [1.807, 2.05) is 31.2 Å². The van der Waals surface area contributed by atoms with E-state index >= 15 is 0 Å². The lowest BCUT2D eigenvalue weighted by atomic mass is 10.1. The smallest absolute Gasteiger partial charge is 0.173 e. The van der Waals surface area contributed by atoms with Crippen LogP contribution in [-0.4, -0.2) is 18.2 Å². The van der Waals surface area contributed by atoms with Crippen LogP contribution in [0.25, 0.3) is 0 Å². The predicted molar refractivity (Wildman–Crippen MR) is 76.8 cm³/mol. The highest BCUT2D eigenvalue weighted by Crippen LogP contribution is 2.29. The van der Waals surface area contributed by atoms with Gasteiger partial charge in [-0.15, -0.1) is 0 Å². The van der Waals surface area contributed by atoms with Crippen molar-refractivity contribution in [3.8, 4) is 17.2 Å². The number of amidine groups is 1. The van der Waals surface area contributed by atoms with Crippen molar-refractivity contribution < 1.29 is 14.7 Å². The molecule has 0 aliphatic carbocycles. The van der Waals surface area contributed by atoms with Gasteiger partial charge in [-0.05, 0) is 31.2 Å². The Labute approximate surface area is 117 Å². The van der Waals surface area contributed by atoms with Crippen LogP contribution in [0.4, 0.5) is 0 Å². The molecule has 2 aromatic rings. The number of aryl methyl sites for hydroxylation is 1. The van der Waals surface area contributed by atoms with Gasteiger partial charge in [0.2, 0.25) is 0 Å². The molecule has 0 fully saturated rings. The van der Waals surface area contributed by atoms with Crippen LogP contribution in [0.5, 0.6) is 17.2 Å². The summed E-state index contributed by atoms with van der Waals surface area (Å²) in [6.07, 6.45) is 0. The molecule has 0 aromatic heterocycles. The van der Waals surface area contributed by atoms with Gasteiger partial charge in [-0.2, -0.15) is 0 Å². The topological polar surface area (TPSA) is 77.1 Å². The van der Waals surface area contributed by atoms with Gasteiger partial charge >= 0.3 is 0 Å². The summed E-state index contributed by atoms with van der Waals surface area (Å²) in [5.41, 5.74) is 7.28. The highest BCUT2D eigenvalue weighted by atomic mass is 16.5. The molecule has 0 aliphatic heterocycles. The number of rotatable bonds is 4. The van der Waals surface area contributed by atoms with E-state index in [-0.39, 0.29) is 5.84 Å². The van der Waals surface area contributed by atoms with Crippen LogP contribution >= 0.6 is 0 Å². The van der Waals surface area contributed by atoms with Crippen LogP contribution in [0.1, 0.15) is 11.1 Å². The summed E-state index contributed by atoms with van der Waals surface area (Å²) >= 11 is 0. The predicted octanol–water partition coefficient (Wildman–Crippen LogP) is 2.89. The average molecular weight is 272 g/mol. The quantitative estimate of drug-likeness (QED) is 0.388. The van der Waals surface area contributed by atoms with E-state index in [4.69, 9.17) is 20.4 Å². The Kier molecular flexibility index (Phi) is 4.10. The number of hydrogen-bond acceptors (Lipinski definition) is 4. The SMILES string of the molecule is COc1ccc(/C(N)=N/O)c(Oc2ccc(C)cc2)c1. The second-order valence-corrected chi connectivity index (χ2v) is 4.26. The minimum atomic E-state index is -0.0187. The van der Waals surface area contributed by atoms with E-state index in [0.29, 0.717) is 22.8 Å². The highest BCUT2D eigenvalue weighted by molar-refractivity contribution is 5.99. The van der Waals surface area contributed by atoms with Crippen molar-refractivity contribution in [2.45, 2.75) is 6.92 Å². The molecule has 2 aromatic carbocycles. The lowest BCUT2D eigenvalue weighted by Gasteiger charge is -2.12. The van der Waals surface area contributed by atoms with Crippen molar-refractivity contribution in [1.82, 2.24) is 0 Å². The lowest BCUT2D eigenvalue weighted by Crippen LogP contribution is -2.14. The molecule has 0 atom stereocenters. The second-order valence-electron chi connectivity index (χ2n) is 4.26. The van der Waals surface area contributed by atoms with Crippen LogP contribution < -0.4 is 15.2 Å². The van der Waals surface area contributed by atoms with Crippen LogP contribution in [-0.2, 0) is 0 Å². The van der Waals surface area contributed by atoms with E-state index in [0.717, 1.165) is 5.56 Å². The van der Waals surface area contributed by atoms with Crippen molar-refractivity contribution in [3.05, 3.63) is 53.6 Å². The Morgan fingerprint density at radius 2 is 1.75 bits per heavy atom. The number of nitrogens with two attached hydrogens (primary N) is 1. The largest absolute Gasteiger partial charge is 0.497 e. The summed E-state index contributed by atoms with van der Waals surface area (Å²) in [6.45, 7) is 2.00. The molecule has 0 saturated heterocycles. The van der Waals surface area contributed by atoms with Crippen molar-refractivity contribution >= 4 is 5.84 Å². The third-order valence-electron chi connectivity index (χ3n) is 2.82. The van der Waals surface area contributed by atoms with Gasteiger partial charge in [0, 0.05) is 6.07 Å². The molecule has 20 heavy (non-hydrogen) atoms. The maximum atomic E-state index is 8.82. The fourth-order valence-electron chi connectivity index (χ4n) is 1.71. The molecule has 0 bridgehead atoms. The minimum Gasteiger partial charge on any atom is -0.497 e. The van der Waals surface area contributed by atoms with Gasteiger partial charge in [-0.3, -0.25) is 0 Å². The van der Waals surface area contributed by atoms with Crippen molar-refractivity contribution in [2.75, 3.05) is 7.11 Å². The van der Waals surface area contributed by atoms with Crippen molar-refractivity contribution in [3.63, 3.8) is 0 Å². The van der Waals surface area contributed by atoms with Gasteiger partial charge in [-0.25, -0.2) is 0 Å². The first-order chi connectivity index (χ1) is 9.63. The van der Waals surface area contributed by atoms with Gasteiger partial charge in [0.1, 0.15) is 17.2 Å². The van der Waals surface area contributed by atoms with Crippen molar-refractivity contribution in [1.29, 1.82) is 0 Å². The maximum absolute atomic E-state index is 8.82. The normalized spacial score (nSPS) is 11.2. The lowest BCUT2D eigenvalue weighted by molar-refractivity contribution is 0.318. The molecule has 5 heteroatoms. The Bertz CT molecular complexity index is 622. The molecule has 3 N–H and O–H groups in total. The van der Waals surface area contributed by atoms with E-state index < -0.39 is 0 Å². The van der Waals surface area contributed by atoms with E-state index in [1.54, 1.807) is 25.3 Å². The molecule has 0 amide bonds. The van der Waals surface area contributed by atoms with Gasteiger partial charge in [-0.1, -0.05) is 22.9 Å². The monoisotopic (exact) mass is 272 g/mol. The van der Waals surface area contributed by atoms with Crippen LogP contribution in [0.15, 0.2) is 47.6 Å². The third-order valence-corrected chi connectivity index (χ3v) is 2.82. The molecule has 0 heterocycles. The van der Waals surface area contributed by atoms with Crippen LogP contribution in [0, 0.1) is 6.92 Å². The summed E-state index contributed by atoms with van der Waals surface area (Å²) in [6, 6.07) is 12.7.